The monoisotopic (exact) mass is 586 g/mol. The molecule has 0 spiro atoms. The van der Waals surface area contributed by atoms with Gasteiger partial charge in [-0.05, 0) is 12.8 Å². The summed E-state index contributed by atoms with van der Waals surface area (Å²) in [4.78, 5) is 0. The molecule has 0 saturated heterocycles. The Morgan fingerprint density at radius 3 is 1.66 bits per heavy atom. The van der Waals surface area contributed by atoms with E-state index >= 15 is 0 Å². The van der Waals surface area contributed by atoms with E-state index < -0.39 is 21.3 Å². The van der Waals surface area contributed by atoms with E-state index in [0.717, 1.165) is 48.9 Å². The van der Waals surface area contributed by atoms with Crippen LogP contribution in [0.5, 0.6) is 0 Å². The summed E-state index contributed by atoms with van der Waals surface area (Å²) in [5, 5.41) is 0. The summed E-state index contributed by atoms with van der Waals surface area (Å²) in [6.07, 6.45) is 22.4. The van der Waals surface area contributed by atoms with Gasteiger partial charge in [0.25, 0.3) is 10.1 Å². The molecule has 232 valence electrons. The minimum atomic E-state index is -3.67. The van der Waals surface area contributed by atoms with E-state index in [0.29, 0.717) is 12.0 Å². The number of hydrogen-bond donors (Lipinski definition) is 1. The molecule has 0 fully saturated rings. The van der Waals surface area contributed by atoms with Gasteiger partial charge in [-0.15, -0.1) is 0 Å². The number of rotatable bonds is 25. The first-order valence-electron chi connectivity index (χ1n) is 15.1. The zero-order valence-corrected chi connectivity index (χ0v) is 27.7. The molecule has 3 unspecified atom stereocenters. The number of quaternary nitrogens is 1. The van der Waals surface area contributed by atoms with Gasteiger partial charge in [-0.2, -0.15) is 8.42 Å². The Balaban J connectivity index is 0. The smallest absolute Gasteiger partial charge is 0.261 e. The first kappa shape index (κ1) is 40.2. The van der Waals surface area contributed by atoms with Crippen molar-refractivity contribution in [1.82, 2.24) is 0 Å². The van der Waals surface area contributed by atoms with E-state index in [1.165, 1.54) is 77.0 Å². The minimum Gasteiger partial charge on any atom is -0.616 e. The summed E-state index contributed by atoms with van der Waals surface area (Å²) in [5.41, 5.74) is 0. The van der Waals surface area contributed by atoms with Crippen molar-refractivity contribution in [3.05, 3.63) is 0 Å². The highest BCUT2D eigenvalue weighted by Gasteiger charge is 2.19. The van der Waals surface area contributed by atoms with Crippen LogP contribution in [0.3, 0.4) is 0 Å². The highest BCUT2D eigenvalue weighted by molar-refractivity contribution is 7.91. The average Bonchev–Trinajstić information content (AvgIpc) is 2.80. The lowest BCUT2D eigenvalue weighted by Crippen LogP contribution is -2.36. The Labute approximate surface area is 240 Å². The summed E-state index contributed by atoms with van der Waals surface area (Å²) >= 11 is -0.780. The lowest BCUT2D eigenvalue weighted by atomic mass is 10.0. The largest absolute Gasteiger partial charge is 0.616 e. The van der Waals surface area contributed by atoms with Crippen molar-refractivity contribution in [1.29, 1.82) is 0 Å². The van der Waals surface area contributed by atoms with Crippen LogP contribution in [-0.4, -0.2) is 87.0 Å². The van der Waals surface area contributed by atoms with Gasteiger partial charge in [0, 0.05) is 20.0 Å². The number of unbranched alkanes of at least 4 members (excludes halogenated alkanes) is 11. The summed E-state index contributed by atoms with van der Waals surface area (Å²) in [6, 6.07) is 0. The highest BCUT2D eigenvalue weighted by atomic mass is 32.2. The Morgan fingerprint density at radius 2 is 1.24 bits per heavy atom. The van der Waals surface area contributed by atoms with Crippen LogP contribution in [0.15, 0.2) is 0 Å². The molecular weight excluding hydrogens is 522 g/mol. The summed E-state index contributed by atoms with van der Waals surface area (Å²) in [7, 11) is 4.60. The number of hydrogen-bond acceptors (Lipinski definition) is 5. The van der Waals surface area contributed by atoms with E-state index in [1.807, 2.05) is 0 Å². The van der Waals surface area contributed by atoms with Crippen LogP contribution in [0, 0.1) is 0 Å². The van der Waals surface area contributed by atoms with Gasteiger partial charge < -0.3 is 18.5 Å². The standard InChI is InChI=1S/C28H60NO3S.CH4O3S/c1-7-9-10-11-12-13-14-15-16-17-18-19-22-27(21-8-2)32-28(31-6)23-26-33(30)25-20-24-29(3,4)5;1-5(2,3)4/h27-28H,7-26H2,1-6H3;1H3,(H,2,3,4)/q+1;. The van der Waals surface area contributed by atoms with Crippen molar-refractivity contribution in [3.8, 4) is 0 Å². The fourth-order valence-electron chi connectivity index (χ4n) is 4.30. The number of methoxy groups -OCH3 is 1. The van der Waals surface area contributed by atoms with Crippen molar-refractivity contribution < 1.29 is 31.5 Å². The first-order chi connectivity index (χ1) is 17.8. The predicted molar refractivity (Wildman–Crippen MR) is 164 cm³/mol. The van der Waals surface area contributed by atoms with E-state index in [9.17, 15) is 13.0 Å². The third-order valence-corrected chi connectivity index (χ3v) is 7.81. The molecule has 0 aliphatic carbocycles. The van der Waals surface area contributed by atoms with Gasteiger partial charge >= 0.3 is 0 Å². The van der Waals surface area contributed by atoms with E-state index in [-0.39, 0.29) is 12.4 Å². The molecule has 0 bridgehead atoms. The fourth-order valence-corrected chi connectivity index (χ4v) is 5.41. The molecule has 38 heavy (non-hydrogen) atoms. The molecule has 0 saturated carbocycles. The molecule has 7 nitrogen and oxygen atoms in total. The Hall–Kier alpha value is 0.100. The summed E-state index contributed by atoms with van der Waals surface area (Å²) < 4.78 is 51.0. The topological polar surface area (TPSA) is 95.9 Å². The van der Waals surface area contributed by atoms with Gasteiger partial charge in [0.15, 0.2) is 6.29 Å². The molecule has 0 rings (SSSR count). The maximum atomic E-state index is 12.4. The van der Waals surface area contributed by atoms with E-state index in [4.69, 9.17) is 14.0 Å². The van der Waals surface area contributed by atoms with Crippen LogP contribution in [0.25, 0.3) is 0 Å². The minimum absolute atomic E-state index is 0.221. The van der Waals surface area contributed by atoms with E-state index in [2.05, 4.69) is 35.0 Å². The van der Waals surface area contributed by atoms with Crippen molar-refractivity contribution in [2.24, 2.45) is 0 Å². The molecule has 0 aromatic rings. The molecule has 0 amide bonds. The second-order valence-electron chi connectivity index (χ2n) is 11.6. The van der Waals surface area contributed by atoms with Crippen molar-refractivity contribution in [2.75, 3.05) is 52.6 Å². The summed E-state index contributed by atoms with van der Waals surface area (Å²) in [5.74, 6) is 1.45. The lowest BCUT2D eigenvalue weighted by molar-refractivity contribution is -0.870. The first-order valence-corrected chi connectivity index (χ1v) is 18.4. The zero-order chi connectivity index (χ0) is 29.3. The third kappa shape index (κ3) is 36.1. The normalized spacial score (nSPS) is 14.6. The molecule has 0 aliphatic rings. The van der Waals surface area contributed by atoms with Crippen LogP contribution in [0.2, 0.25) is 0 Å². The predicted octanol–water partition coefficient (Wildman–Crippen LogP) is 6.97. The Morgan fingerprint density at radius 1 is 0.763 bits per heavy atom. The second kappa shape index (κ2) is 26.0. The van der Waals surface area contributed by atoms with Crippen molar-refractivity contribution in [3.63, 3.8) is 0 Å². The molecule has 0 radical (unpaired) electrons. The van der Waals surface area contributed by atoms with Gasteiger partial charge in [-0.25, -0.2) is 0 Å². The number of nitrogens with zero attached hydrogens (tertiary/aromatic N) is 1. The van der Waals surface area contributed by atoms with Gasteiger partial charge in [0.2, 0.25) is 0 Å². The summed E-state index contributed by atoms with van der Waals surface area (Å²) in [6.45, 7) is 5.57. The molecule has 1 N–H and O–H groups in total. The van der Waals surface area contributed by atoms with Gasteiger partial charge in [0.05, 0.1) is 40.0 Å². The highest BCUT2D eigenvalue weighted by Crippen LogP contribution is 2.18. The maximum absolute atomic E-state index is 12.4. The molecule has 0 heterocycles. The fraction of sp³-hybridized carbons (Fsp3) is 1.00. The molecule has 0 aromatic heterocycles. The van der Waals surface area contributed by atoms with Crippen LogP contribution in [0.4, 0.5) is 0 Å². The molecule has 9 heteroatoms. The SMILES string of the molecule is CCCCCCCCCCCCCCC(CCC)OC(CC[S+]([O-])CCC[N+](C)(C)C)OC.CS(=O)(=O)O. The molecule has 0 aliphatic heterocycles. The maximum Gasteiger partial charge on any atom is 0.261 e. The van der Waals surface area contributed by atoms with Gasteiger partial charge in [0.1, 0.15) is 11.5 Å². The van der Waals surface area contributed by atoms with Crippen molar-refractivity contribution in [2.45, 2.75) is 135 Å². The Kier molecular flexibility index (Phi) is 27.6. The van der Waals surface area contributed by atoms with Gasteiger partial charge in [-0.3, -0.25) is 4.55 Å². The Bertz CT molecular complexity index is 590. The zero-order valence-electron chi connectivity index (χ0n) is 26.0. The average molecular weight is 587 g/mol. The third-order valence-electron chi connectivity index (χ3n) is 6.38. The quantitative estimate of drug-likeness (QED) is 0.0408. The van der Waals surface area contributed by atoms with Crippen LogP contribution >= 0.6 is 0 Å². The van der Waals surface area contributed by atoms with Gasteiger partial charge in [-0.1, -0.05) is 108 Å². The lowest BCUT2D eigenvalue weighted by Gasteiger charge is -2.25. The molecular formula is C29H64NO6S2+. The number of ether oxygens (including phenoxy) is 2. The van der Waals surface area contributed by atoms with Crippen LogP contribution in [0.1, 0.15) is 123 Å². The van der Waals surface area contributed by atoms with Crippen LogP contribution < -0.4 is 0 Å². The second-order valence-corrected chi connectivity index (χ2v) is 14.8. The van der Waals surface area contributed by atoms with Crippen molar-refractivity contribution >= 4 is 21.3 Å². The molecule has 3 atom stereocenters. The van der Waals surface area contributed by atoms with E-state index in [1.54, 1.807) is 7.11 Å². The molecule has 0 aromatic carbocycles. The van der Waals surface area contributed by atoms with Crippen LogP contribution in [-0.2, 0) is 30.8 Å².